The van der Waals surface area contributed by atoms with Crippen LogP contribution in [-0.2, 0) is 0 Å². The molecule has 0 aliphatic carbocycles. The first kappa shape index (κ1) is 17.7. The Kier molecular flexibility index (Phi) is 6.55. The van der Waals surface area contributed by atoms with E-state index in [1.54, 1.807) is 0 Å². The lowest BCUT2D eigenvalue weighted by Gasteiger charge is -2.34. The molecule has 5 heteroatoms. The Hall–Kier alpha value is -1.07. The number of hydrogen-bond acceptors (Lipinski definition) is 2. The molecule has 0 spiro atoms. The zero-order chi connectivity index (χ0) is 16.8. The molecule has 1 aromatic carbocycles. The Balaban J connectivity index is 1.38. The maximum absolute atomic E-state index is 12.4. The topological polar surface area (TPSA) is 35.6 Å². The maximum atomic E-state index is 12.4. The third-order valence-electron chi connectivity index (χ3n) is 5.30. The molecule has 4 nitrogen and oxygen atoms in total. The number of amides is 2. The van der Waals surface area contributed by atoms with Gasteiger partial charge in [-0.2, -0.15) is 0 Å². The van der Waals surface area contributed by atoms with Crippen LogP contribution in [0.5, 0.6) is 0 Å². The summed E-state index contributed by atoms with van der Waals surface area (Å²) in [7, 11) is 0. The molecule has 3 rings (SSSR count). The number of benzene rings is 1. The van der Waals surface area contributed by atoms with Crippen molar-refractivity contribution in [1.82, 2.24) is 9.80 Å². The van der Waals surface area contributed by atoms with E-state index in [1.165, 1.54) is 45.3 Å². The minimum atomic E-state index is 0.0341. The molecule has 0 saturated carbocycles. The van der Waals surface area contributed by atoms with Crippen molar-refractivity contribution in [2.24, 2.45) is 5.92 Å². The Labute approximate surface area is 153 Å². The lowest BCUT2D eigenvalue weighted by atomic mass is 9.93. The van der Waals surface area contributed by atoms with Gasteiger partial charge in [-0.1, -0.05) is 22.4 Å². The van der Waals surface area contributed by atoms with Crippen LogP contribution in [0.25, 0.3) is 0 Å². The fourth-order valence-corrected chi connectivity index (χ4v) is 3.97. The van der Waals surface area contributed by atoms with E-state index < -0.39 is 0 Å². The number of carbonyl (C=O) groups is 1. The molecule has 2 saturated heterocycles. The summed E-state index contributed by atoms with van der Waals surface area (Å²) >= 11 is 3.41. The van der Waals surface area contributed by atoms with E-state index in [4.69, 9.17) is 0 Å². The van der Waals surface area contributed by atoms with Gasteiger partial charge in [-0.25, -0.2) is 4.79 Å². The number of likely N-dealkylation sites (tertiary alicyclic amines) is 2. The molecule has 2 fully saturated rings. The first-order chi connectivity index (χ1) is 11.7. The third-order valence-corrected chi connectivity index (χ3v) is 5.83. The first-order valence-electron chi connectivity index (χ1n) is 9.24. The van der Waals surface area contributed by atoms with Crippen molar-refractivity contribution in [2.75, 3.05) is 38.0 Å². The number of nitrogens with one attached hydrogen (secondary N) is 1. The van der Waals surface area contributed by atoms with Crippen LogP contribution in [0.4, 0.5) is 10.5 Å². The van der Waals surface area contributed by atoms with Crippen LogP contribution in [-0.4, -0.2) is 48.6 Å². The van der Waals surface area contributed by atoms with Crippen LogP contribution in [0.15, 0.2) is 28.7 Å². The number of halogens is 1. The number of anilines is 1. The summed E-state index contributed by atoms with van der Waals surface area (Å²) < 4.78 is 1.02. The SMILES string of the molecule is O=C(Nc1ccc(Br)cc1)N1CCC(CCN2CCCCC2)CC1. The molecule has 0 radical (unpaired) electrons. The Bertz CT molecular complexity index is 520. The summed E-state index contributed by atoms with van der Waals surface area (Å²) in [6, 6.07) is 7.78. The largest absolute Gasteiger partial charge is 0.325 e. The van der Waals surface area contributed by atoms with Crippen molar-refractivity contribution in [1.29, 1.82) is 0 Å². The first-order valence-corrected chi connectivity index (χ1v) is 10.0. The van der Waals surface area contributed by atoms with Crippen LogP contribution in [0.1, 0.15) is 38.5 Å². The van der Waals surface area contributed by atoms with Gasteiger partial charge < -0.3 is 15.1 Å². The van der Waals surface area contributed by atoms with Gasteiger partial charge in [-0.15, -0.1) is 0 Å². The van der Waals surface area contributed by atoms with Crippen molar-refractivity contribution in [3.63, 3.8) is 0 Å². The number of urea groups is 1. The van der Waals surface area contributed by atoms with E-state index in [1.807, 2.05) is 29.2 Å². The molecule has 2 amide bonds. The minimum absolute atomic E-state index is 0.0341. The van der Waals surface area contributed by atoms with Crippen molar-refractivity contribution in [3.8, 4) is 0 Å². The van der Waals surface area contributed by atoms with Gasteiger partial charge in [0, 0.05) is 23.2 Å². The lowest BCUT2D eigenvalue weighted by Crippen LogP contribution is -2.41. The minimum Gasteiger partial charge on any atom is -0.325 e. The van der Waals surface area contributed by atoms with E-state index in [2.05, 4.69) is 26.1 Å². The predicted molar refractivity (Wildman–Crippen MR) is 102 cm³/mol. The van der Waals surface area contributed by atoms with Crippen molar-refractivity contribution in [3.05, 3.63) is 28.7 Å². The Morgan fingerprint density at radius 3 is 2.38 bits per heavy atom. The summed E-state index contributed by atoms with van der Waals surface area (Å²) in [6.45, 7) is 5.58. The second-order valence-electron chi connectivity index (χ2n) is 7.06. The molecule has 0 atom stereocenters. The van der Waals surface area contributed by atoms with Gasteiger partial charge in [-0.3, -0.25) is 0 Å². The molecule has 132 valence electrons. The zero-order valence-electron chi connectivity index (χ0n) is 14.3. The number of carbonyl (C=O) groups excluding carboxylic acids is 1. The van der Waals surface area contributed by atoms with Crippen molar-refractivity contribution in [2.45, 2.75) is 38.5 Å². The van der Waals surface area contributed by atoms with Gasteiger partial charge in [0.25, 0.3) is 0 Å². The fraction of sp³-hybridized carbons (Fsp3) is 0.632. The summed E-state index contributed by atoms with van der Waals surface area (Å²) in [5, 5.41) is 3.00. The Morgan fingerprint density at radius 2 is 1.71 bits per heavy atom. The van der Waals surface area contributed by atoms with Gasteiger partial charge in [0.1, 0.15) is 0 Å². The van der Waals surface area contributed by atoms with Crippen molar-refractivity contribution >= 4 is 27.6 Å². The number of piperidine rings is 2. The number of nitrogens with zero attached hydrogens (tertiary/aromatic N) is 2. The highest BCUT2D eigenvalue weighted by atomic mass is 79.9. The highest BCUT2D eigenvalue weighted by Crippen LogP contribution is 2.23. The molecule has 1 aromatic rings. The molecule has 0 unspecified atom stereocenters. The second kappa shape index (κ2) is 8.86. The van der Waals surface area contributed by atoms with Gasteiger partial charge in [0.15, 0.2) is 0 Å². The van der Waals surface area contributed by atoms with Gasteiger partial charge in [-0.05, 0) is 81.9 Å². The molecule has 2 aliphatic heterocycles. The monoisotopic (exact) mass is 393 g/mol. The van der Waals surface area contributed by atoms with Crippen LogP contribution < -0.4 is 5.32 Å². The zero-order valence-corrected chi connectivity index (χ0v) is 15.9. The molecule has 1 N–H and O–H groups in total. The van der Waals surface area contributed by atoms with Crippen LogP contribution in [0.2, 0.25) is 0 Å². The van der Waals surface area contributed by atoms with Crippen molar-refractivity contribution < 1.29 is 4.79 Å². The van der Waals surface area contributed by atoms with Gasteiger partial charge in [0.2, 0.25) is 0 Å². The normalized spacial score (nSPS) is 20.1. The average Bonchev–Trinajstić information content (AvgIpc) is 2.63. The molecule has 2 aliphatic rings. The van der Waals surface area contributed by atoms with Crippen LogP contribution in [0, 0.1) is 5.92 Å². The smallest absolute Gasteiger partial charge is 0.321 e. The number of rotatable bonds is 4. The van der Waals surface area contributed by atoms with Gasteiger partial charge in [0.05, 0.1) is 0 Å². The Morgan fingerprint density at radius 1 is 1.04 bits per heavy atom. The molecule has 0 bridgehead atoms. The summed E-state index contributed by atoms with van der Waals surface area (Å²) in [5.41, 5.74) is 0.857. The number of hydrogen-bond donors (Lipinski definition) is 1. The summed E-state index contributed by atoms with van der Waals surface area (Å²) in [6.07, 6.45) is 7.72. The maximum Gasteiger partial charge on any atom is 0.321 e. The fourth-order valence-electron chi connectivity index (χ4n) is 3.71. The van der Waals surface area contributed by atoms with Gasteiger partial charge >= 0.3 is 6.03 Å². The lowest BCUT2D eigenvalue weighted by molar-refractivity contribution is 0.164. The van der Waals surface area contributed by atoms with E-state index in [-0.39, 0.29) is 6.03 Å². The van der Waals surface area contributed by atoms with E-state index >= 15 is 0 Å². The summed E-state index contributed by atoms with van der Waals surface area (Å²) in [5.74, 6) is 0.781. The second-order valence-corrected chi connectivity index (χ2v) is 7.97. The predicted octanol–water partition coefficient (Wildman–Crippen LogP) is 4.57. The molecular formula is C19H28BrN3O. The third kappa shape index (κ3) is 5.21. The standard InChI is InChI=1S/C19H28BrN3O/c20-17-4-6-18(7-5-17)21-19(24)23-14-9-16(10-15-23)8-13-22-11-2-1-3-12-22/h4-7,16H,1-3,8-15H2,(H,21,24). The van der Waals surface area contributed by atoms with Crippen LogP contribution >= 0.6 is 15.9 Å². The quantitative estimate of drug-likeness (QED) is 0.812. The highest BCUT2D eigenvalue weighted by Gasteiger charge is 2.23. The van der Waals surface area contributed by atoms with E-state index in [0.29, 0.717) is 0 Å². The molecule has 0 aromatic heterocycles. The summed E-state index contributed by atoms with van der Waals surface area (Å²) in [4.78, 5) is 16.9. The highest BCUT2D eigenvalue weighted by molar-refractivity contribution is 9.10. The molecule has 24 heavy (non-hydrogen) atoms. The van der Waals surface area contributed by atoms with Crippen LogP contribution in [0.3, 0.4) is 0 Å². The molecular weight excluding hydrogens is 366 g/mol. The van der Waals surface area contributed by atoms with E-state index in [9.17, 15) is 4.79 Å². The average molecular weight is 394 g/mol. The molecule has 2 heterocycles. The van der Waals surface area contributed by atoms with E-state index in [0.717, 1.165) is 42.0 Å².